The molecule has 0 aliphatic carbocycles. The van der Waals surface area contributed by atoms with Crippen LogP contribution in [0.25, 0.3) is 15.7 Å². The van der Waals surface area contributed by atoms with Crippen molar-refractivity contribution in [3.8, 4) is 11.5 Å². The topological polar surface area (TPSA) is 108 Å². The maximum absolute atomic E-state index is 10.8. The molecule has 0 aliphatic heterocycles. The van der Waals surface area contributed by atoms with Crippen LogP contribution in [0.15, 0.2) is 23.2 Å². The predicted octanol–water partition coefficient (Wildman–Crippen LogP) is 2.47. The van der Waals surface area contributed by atoms with Crippen LogP contribution < -0.4 is 19.3 Å². The number of benzene rings is 1. The van der Waals surface area contributed by atoms with Gasteiger partial charge in [-0.15, -0.1) is 11.8 Å². The molecule has 0 radical (unpaired) electrons. The number of rotatable bonds is 9. The standard InChI is InChI=1S/C16H20N4O4S2/c1-18-13-10-19-12-9-15(24-3)14(23-2)8-11(12)16(13)25-7-5-4-6-20-26(17,21)22/h8-10,20H,4-7H2,2-3H3,(H2,17,21,22). The van der Waals surface area contributed by atoms with Gasteiger partial charge in [0.05, 0.1) is 26.3 Å². The SMILES string of the molecule is [C-]#[N+]c1cnc2cc(OC)c(OC)cc2c1SCCCCNS(N)(=O)=O. The molecule has 0 spiro atoms. The third-order valence-corrected chi connectivity index (χ3v) is 5.36. The summed E-state index contributed by atoms with van der Waals surface area (Å²) >= 11 is 1.53. The normalized spacial score (nSPS) is 11.3. The van der Waals surface area contributed by atoms with E-state index >= 15 is 0 Å². The van der Waals surface area contributed by atoms with Gasteiger partial charge >= 0.3 is 0 Å². The number of aromatic nitrogens is 1. The van der Waals surface area contributed by atoms with Crippen LogP contribution in [-0.4, -0.2) is 39.9 Å². The Morgan fingerprint density at radius 2 is 1.96 bits per heavy atom. The van der Waals surface area contributed by atoms with E-state index in [0.717, 1.165) is 22.5 Å². The monoisotopic (exact) mass is 396 g/mol. The molecule has 26 heavy (non-hydrogen) atoms. The van der Waals surface area contributed by atoms with Gasteiger partial charge in [0, 0.05) is 29.1 Å². The summed E-state index contributed by atoms with van der Waals surface area (Å²) in [5, 5.41) is 5.71. The highest BCUT2D eigenvalue weighted by molar-refractivity contribution is 7.99. The zero-order valence-corrected chi connectivity index (χ0v) is 16.1. The first-order valence-corrected chi connectivity index (χ1v) is 10.2. The highest BCUT2D eigenvalue weighted by Gasteiger charge is 2.14. The lowest BCUT2D eigenvalue weighted by Gasteiger charge is -2.12. The number of nitrogens with two attached hydrogens (primary N) is 1. The van der Waals surface area contributed by atoms with Gasteiger partial charge in [0.2, 0.25) is 5.69 Å². The van der Waals surface area contributed by atoms with E-state index in [2.05, 4.69) is 14.6 Å². The van der Waals surface area contributed by atoms with Crippen molar-refractivity contribution in [3.63, 3.8) is 0 Å². The van der Waals surface area contributed by atoms with Crippen molar-refractivity contribution in [3.05, 3.63) is 29.7 Å². The smallest absolute Gasteiger partial charge is 0.274 e. The van der Waals surface area contributed by atoms with E-state index in [1.165, 1.54) is 11.8 Å². The number of ether oxygens (including phenoxy) is 2. The van der Waals surface area contributed by atoms with Crippen LogP contribution in [0, 0.1) is 6.57 Å². The molecule has 0 atom stereocenters. The molecule has 1 aromatic carbocycles. The van der Waals surface area contributed by atoms with Gasteiger partial charge < -0.3 is 9.47 Å². The minimum absolute atomic E-state index is 0.289. The number of nitrogens with zero attached hydrogens (tertiary/aromatic N) is 2. The minimum Gasteiger partial charge on any atom is -0.493 e. The Morgan fingerprint density at radius 1 is 1.27 bits per heavy atom. The van der Waals surface area contributed by atoms with Crippen molar-refractivity contribution in [1.82, 2.24) is 9.71 Å². The molecule has 10 heteroatoms. The van der Waals surface area contributed by atoms with Gasteiger partial charge in [-0.1, -0.05) is 0 Å². The lowest BCUT2D eigenvalue weighted by atomic mass is 10.2. The molecule has 0 bridgehead atoms. The number of nitrogens with one attached hydrogen (secondary N) is 1. The first-order chi connectivity index (χ1) is 12.4. The summed E-state index contributed by atoms with van der Waals surface area (Å²) in [5.74, 6) is 1.87. The fourth-order valence-electron chi connectivity index (χ4n) is 2.33. The number of fused-ring (bicyclic) bond motifs is 1. The second-order valence-corrected chi connectivity index (χ2v) is 7.79. The quantitative estimate of drug-likeness (QED) is 0.383. The molecule has 0 amide bonds. The van der Waals surface area contributed by atoms with Crippen LogP contribution in [0.5, 0.6) is 11.5 Å². The molecule has 3 N–H and O–H groups in total. The lowest BCUT2D eigenvalue weighted by molar-refractivity contribution is 0.355. The van der Waals surface area contributed by atoms with Crippen LogP contribution in [0.4, 0.5) is 5.69 Å². The van der Waals surface area contributed by atoms with Crippen LogP contribution >= 0.6 is 11.8 Å². The Balaban J connectivity index is 2.18. The summed E-state index contributed by atoms with van der Waals surface area (Å²) in [4.78, 5) is 8.71. The molecular formula is C16H20N4O4S2. The summed E-state index contributed by atoms with van der Waals surface area (Å²) in [7, 11) is -0.533. The van der Waals surface area contributed by atoms with E-state index in [1.807, 2.05) is 6.07 Å². The molecule has 1 heterocycles. The molecule has 2 aromatic rings. The number of unbranched alkanes of at least 4 members (excludes halogenated alkanes) is 1. The van der Waals surface area contributed by atoms with Crippen molar-refractivity contribution in [1.29, 1.82) is 0 Å². The Hall–Kier alpha value is -2.06. The minimum atomic E-state index is -3.65. The van der Waals surface area contributed by atoms with Crippen molar-refractivity contribution < 1.29 is 17.9 Å². The van der Waals surface area contributed by atoms with Crippen molar-refractivity contribution in [2.75, 3.05) is 26.5 Å². The molecule has 0 unspecified atom stereocenters. The second kappa shape index (κ2) is 9.05. The molecule has 0 fully saturated rings. The van der Waals surface area contributed by atoms with E-state index in [1.54, 1.807) is 26.5 Å². The number of thioether (sulfide) groups is 1. The lowest BCUT2D eigenvalue weighted by Crippen LogP contribution is -2.31. The van der Waals surface area contributed by atoms with Gasteiger partial charge in [-0.2, -0.15) is 8.42 Å². The largest absolute Gasteiger partial charge is 0.493 e. The fraction of sp³-hybridized carbons (Fsp3) is 0.375. The fourth-order valence-corrected chi connectivity index (χ4v) is 3.88. The number of methoxy groups -OCH3 is 2. The first kappa shape index (κ1) is 20.3. The van der Waals surface area contributed by atoms with E-state index < -0.39 is 10.2 Å². The third kappa shape index (κ3) is 5.22. The predicted molar refractivity (Wildman–Crippen MR) is 102 cm³/mol. The van der Waals surface area contributed by atoms with Crippen molar-refractivity contribution in [2.24, 2.45) is 5.14 Å². The van der Waals surface area contributed by atoms with Gasteiger partial charge in [-0.3, -0.25) is 4.98 Å². The van der Waals surface area contributed by atoms with E-state index in [0.29, 0.717) is 29.1 Å². The van der Waals surface area contributed by atoms with Crippen molar-refractivity contribution in [2.45, 2.75) is 17.7 Å². The average molecular weight is 396 g/mol. The van der Waals surface area contributed by atoms with Crippen LogP contribution in [0.1, 0.15) is 12.8 Å². The van der Waals surface area contributed by atoms with Crippen molar-refractivity contribution >= 4 is 38.6 Å². The van der Waals surface area contributed by atoms with E-state index in [9.17, 15) is 8.42 Å². The van der Waals surface area contributed by atoms with Crippen LogP contribution in [-0.2, 0) is 10.2 Å². The first-order valence-electron chi connectivity index (χ1n) is 7.72. The van der Waals surface area contributed by atoms with Gasteiger partial charge in [-0.25, -0.2) is 14.7 Å². The van der Waals surface area contributed by atoms with Gasteiger partial charge in [0.25, 0.3) is 10.2 Å². The Kier molecular flexibility index (Phi) is 7.05. The maximum Gasteiger partial charge on any atom is 0.274 e. The average Bonchev–Trinajstić information content (AvgIpc) is 2.62. The third-order valence-electron chi connectivity index (χ3n) is 3.55. The number of hydrogen-bond donors (Lipinski definition) is 2. The maximum atomic E-state index is 10.8. The van der Waals surface area contributed by atoms with E-state index in [-0.39, 0.29) is 6.54 Å². The van der Waals surface area contributed by atoms with Gasteiger partial charge in [0.1, 0.15) is 0 Å². The molecule has 0 saturated heterocycles. The molecule has 1 aromatic heterocycles. The molecule has 0 aliphatic rings. The van der Waals surface area contributed by atoms with Crippen LogP contribution in [0.2, 0.25) is 0 Å². The Morgan fingerprint density at radius 3 is 2.58 bits per heavy atom. The number of pyridine rings is 1. The number of hydrogen-bond acceptors (Lipinski definition) is 6. The summed E-state index contributed by atoms with van der Waals surface area (Å²) < 4.78 is 34.5. The Bertz CT molecular complexity index is 926. The highest BCUT2D eigenvalue weighted by atomic mass is 32.2. The summed E-state index contributed by atoms with van der Waals surface area (Å²) in [6.45, 7) is 7.67. The highest BCUT2D eigenvalue weighted by Crippen LogP contribution is 2.40. The molecule has 8 nitrogen and oxygen atoms in total. The summed E-state index contributed by atoms with van der Waals surface area (Å²) in [6.07, 6.45) is 2.96. The summed E-state index contributed by atoms with van der Waals surface area (Å²) in [5.41, 5.74) is 1.19. The second-order valence-electron chi connectivity index (χ2n) is 5.30. The zero-order valence-electron chi connectivity index (χ0n) is 14.5. The zero-order chi connectivity index (χ0) is 19.2. The summed E-state index contributed by atoms with van der Waals surface area (Å²) in [6, 6.07) is 3.60. The van der Waals surface area contributed by atoms with E-state index in [4.69, 9.17) is 21.2 Å². The van der Waals surface area contributed by atoms with Gasteiger partial charge in [-0.05, 0) is 24.7 Å². The molecular weight excluding hydrogens is 376 g/mol. The van der Waals surface area contributed by atoms with Gasteiger partial charge in [0.15, 0.2) is 11.5 Å². The molecule has 0 saturated carbocycles. The van der Waals surface area contributed by atoms with Crippen LogP contribution in [0.3, 0.4) is 0 Å². The molecule has 140 valence electrons. The molecule has 2 rings (SSSR count). The Labute approximate surface area is 157 Å².